The standard InChI is InChI=1S/C21H31N3O3S3/c1-15(2)23(17-4-3-5-17)14-21(11-12-21)16-6-8-18(9-7-16)22-13-10-19(20(22)25)24(28)30(26,27)29/h6-9,15,17,19,28H,3-5,10-14H2,1-2H3,(H,26,27,29). The molecule has 1 heterocycles. The normalized spacial score (nSPS) is 25.8. The highest BCUT2D eigenvalue weighted by molar-refractivity contribution is 8.30. The molecule has 9 heteroatoms. The molecule has 0 radical (unpaired) electrons. The van der Waals surface area contributed by atoms with Crippen LogP contribution < -0.4 is 4.90 Å². The number of amides is 1. The number of nitrogens with zero attached hydrogens (tertiary/aromatic N) is 3. The smallest absolute Gasteiger partial charge is 0.246 e. The van der Waals surface area contributed by atoms with Gasteiger partial charge in [-0.15, -0.1) is 3.71 Å². The highest BCUT2D eigenvalue weighted by atomic mass is 32.9. The fourth-order valence-electron chi connectivity index (χ4n) is 4.77. The maximum Gasteiger partial charge on any atom is 0.246 e. The van der Waals surface area contributed by atoms with Gasteiger partial charge < -0.3 is 4.90 Å². The van der Waals surface area contributed by atoms with Crippen LogP contribution in [-0.4, -0.2) is 54.5 Å². The third kappa shape index (κ3) is 4.29. The van der Waals surface area contributed by atoms with Gasteiger partial charge >= 0.3 is 0 Å². The van der Waals surface area contributed by atoms with Gasteiger partial charge in [0.15, 0.2) is 0 Å². The van der Waals surface area contributed by atoms with E-state index in [1.165, 1.54) is 37.7 Å². The second-order valence-corrected chi connectivity index (χ2v) is 12.5. The number of rotatable bonds is 8. The van der Waals surface area contributed by atoms with Crippen molar-refractivity contribution in [3.05, 3.63) is 29.8 Å². The molecular weight excluding hydrogens is 438 g/mol. The van der Waals surface area contributed by atoms with Crippen molar-refractivity contribution in [2.24, 2.45) is 0 Å². The molecule has 166 valence electrons. The molecule has 1 aromatic rings. The summed E-state index contributed by atoms with van der Waals surface area (Å²) in [4.78, 5) is 17.1. The van der Waals surface area contributed by atoms with Crippen LogP contribution in [0.25, 0.3) is 0 Å². The van der Waals surface area contributed by atoms with Gasteiger partial charge in [0, 0.05) is 47.5 Å². The van der Waals surface area contributed by atoms with E-state index in [1.807, 2.05) is 12.1 Å². The largest absolute Gasteiger partial charge is 0.311 e. The summed E-state index contributed by atoms with van der Waals surface area (Å²) < 4.78 is 22.0. The Morgan fingerprint density at radius 1 is 1.27 bits per heavy atom. The molecule has 3 aliphatic rings. The Hall–Kier alpha value is -0.710. The van der Waals surface area contributed by atoms with Crippen molar-refractivity contribution >= 4 is 44.6 Å². The lowest BCUT2D eigenvalue weighted by atomic mass is 9.87. The van der Waals surface area contributed by atoms with Crippen molar-refractivity contribution in [3.63, 3.8) is 0 Å². The van der Waals surface area contributed by atoms with E-state index in [9.17, 15) is 13.6 Å². The molecule has 0 spiro atoms. The fourth-order valence-corrected chi connectivity index (χ4v) is 5.82. The molecule has 1 aliphatic heterocycles. The lowest BCUT2D eigenvalue weighted by Crippen LogP contribution is -2.47. The average Bonchev–Trinajstić information content (AvgIpc) is 3.33. The molecule has 0 bridgehead atoms. The van der Waals surface area contributed by atoms with Crippen molar-refractivity contribution in [2.45, 2.75) is 75.9 Å². The zero-order chi connectivity index (χ0) is 21.7. The van der Waals surface area contributed by atoms with Crippen LogP contribution in [0.5, 0.6) is 0 Å². The molecule has 6 nitrogen and oxygen atoms in total. The van der Waals surface area contributed by atoms with Gasteiger partial charge in [-0.25, -0.2) is 4.21 Å². The Labute approximate surface area is 190 Å². The van der Waals surface area contributed by atoms with E-state index in [-0.39, 0.29) is 11.3 Å². The first-order valence-electron chi connectivity index (χ1n) is 10.8. The van der Waals surface area contributed by atoms with Crippen LogP contribution in [0.2, 0.25) is 0 Å². The lowest BCUT2D eigenvalue weighted by molar-refractivity contribution is -0.119. The van der Waals surface area contributed by atoms with Gasteiger partial charge in [-0.1, -0.05) is 31.4 Å². The van der Waals surface area contributed by atoms with E-state index in [2.05, 4.69) is 54.9 Å². The summed E-state index contributed by atoms with van der Waals surface area (Å²) in [5.41, 5.74) is 2.40. The molecule has 3 fully saturated rings. The summed E-state index contributed by atoms with van der Waals surface area (Å²) in [5.74, 6) is -0.235. The highest BCUT2D eigenvalue weighted by Crippen LogP contribution is 2.50. The van der Waals surface area contributed by atoms with Gasteiger partial charge in [0.05, 0.1) is 0 Å². The number of anilines is 1. The zero-order valence-electron chi connectivity index (χ0n) is 17.6. The predicted octanol–water partition coefficient (Wildman–Crippen LogP) is 3.37. The molecule has 30 heavy (non-hydrogen) atoms. The number of carbonyl (C=O) groups excluding carboxylic acids is 1. The van der Waals surface area contributed by atoms with Gasteiger partial charge in [0.2, 0.25) is 14.9 Å². The number of carbonyl (C=O) groups is 1. The van der Waals surface area contributed by atoms with Crippen molar-refractivity contribution in [2.75, 3.05) is 18.0 Å². The van der Waals surface area contributed by atoms with Crippen LogP contribution in [0, 0.1) is 0 Å². The van der Waals surface area contributed by atoms with Gasteiger partial charge in [0.1, 0.15) is 6.04 Å². The van der Waals surface area contributed by atoms with Gasteiger partial charge in [-0.3, -0.25) is 14.2 Å². The summed E-state index contributed by atoms with van der Waals surface area (Å²) in [6.07, 6.45) is 6.83. The van der Waals surface area contributed by atoms with E-state index < -0.39 is 15.0 Å². The van der Waals surface area contributed by atoms with E-state index in [0.29, 0.717) is 19.0 Å². The summed E-state index contributed by atoms with van der Waals surface area (Å²) in [7, 11) is -3.69. The third-order valence-corrected chi connectivity index (χ3v) is 9.50. The SMILES string of the molecule is CC(C)N(CC1(c2ccc(N3CCC(N(S)S(=O)(O)=S)C3=O)cc2)CC1)C1CCC1. The first-order valence-corrected chi connectivity index (χ1v) is 13.6. The van der Waals surface area contributed by atoms with E-state index in [1.54, 1.807) is 4.90 Å². The molecule has 2 aliphatic carbocycles. The number of hydrogen-bond acceptors (Lipinski definition) is 5. The molecule has 1 saturated heterocycles. The van der Waals surface area contributed by atoms with Crippen LogP contribution in [0.3, 0.4) is 0 Å². The summed E-state index contributed by atoms with van der Waals surface area (Å²) in [5, 5.41) is 0. The molecule has 0 aromatic heterocycles. The van der Waals surface area contributed by atoms with Gasteiger partial charge in [0.25, 0.3) is 0 Å². The van der Waals surface area contributed by atoms with Crippen LogP contribution in [-0.2, 0) is 30.4 Å². The van der Waals surface area contributed by atoms with Crippen molar-refractivity contribution in [1.82, 2.24) is 8.61 Å². The Morgan fingerprint density at radius 2 is 1.90 bits per heavy atom. The van der Waals surface area contributed by atoms with E-state index in [0.717, 1.165) is 22.0 Å². The van der Waals surface area contributed by atoms with Crippen molar-refractivity contribution < 1.29 is 13.6 Å². The molecule has 1 amide bonds. The molecule has 2 atom stereocenters. The first kappa shape index (κ1) is 22.5. The number of hydrogen-bond donors (Lipinski definition) is 2. The average molecular weight is 470 g/mol. The Morgan fingerprint density at radius 3 is 2.37 bits per heavy atom. The van der Waals surface area contributed by atoms with Gasteiger partial charge in [-0.2, -0.15) is 0 Å². The minimum Gasteiger partial charge on any atom is -0.311 e. The minimum atomic E-state index is -3.69. The Bertz CT molecular complexity index is 896. The molecule has 4 rings (SSSR count). The predicted molar refractivity (Wildman–Crippen MR) is 127 cm³/mol. The minimum absolute atomic E-state index is 0.235. The second-order valence-electron chi connectivity index (χ2n) is 9.22. The second kappa shape index (κ2) is 8.33. The van der Waals surface area contributed by atoms with E-state index >= 15 is 0 Å². The fraction of sp³-hybridized carbons (Fsp3) is 0.667. The van der Waals surface area contributed by atoms with Crippen LogP contribution in [0.4, 0.5) is 5.69 Å². The van der Waals surface area contributed by atoms with Gasteiger partial charge in [-0.05, 0) is 63.6 Å². The molecule has 1 aromatic carbocycles. The number of thiol groups is 1. The Kier molecular flexibility index (Phi) is 6.24. The first-order chi connectivity index (χ1) is 14.1. The maximum atomic E-state index is 12.8. The number of benzene rings is 1. The zero-order valence-corrected chi connectivity index (χ0v) is 20.1. The molecular formula is C21H31N3O3S3. The third-order valence-electron chi connectivity index (χ3n) is 7.02. The summed E-state index contributed by atoms with van der Waals surface area (Å²) >= 11 is 8.57. The Balaban J connectivity index is 1.46. The molecule has 1 N–H and O–H groups in total. The van der Waals surface area contributed by atoms with Crippen molar-refractivity contribution in [1.29, 1.82) is 0 Å². The van der Waals surface area contributed by atoms with Crippen LogP contribution in [0.1, 0.15) is 57.9 Å². The quantitative estimate of drug-likeness (QED) is 0.572. The lowest BCUT2D eigenvalue weighted by Gasteiger charge is -2.42. The van der Waals surface area contributed by atoms with Crippen LogP contribution in [0.15, 0.2) is 24.3 Å². The highest BCUT2D eigenvalue weighted by Gasteiger charge is 2.47. The topological polar surface area (TPSA) is 64.1 Å². The monoisotopic (exact) mass is 469 g/mol. The summed E-state index contributed by atoms with van der Waals surface area (Å²) in [6.45, 7) is 6.19. The summed E-state index contributed by atoms with van der Waals surface area (Å²) in [6, 6.07) is 8.83. The van der Waals surface area contributed by atoms with Crippen LogP contribution >= 0.6 is 12.8 Å². The molecule has 2 saturated carbocycles. The van der Waals surface area contributed by atoms with Crippen molar-refractivity contribution in [3.8, 4) is 0 Å². The molecule has 2 unspecified atom stereocenters. The maximum absolute atomic E-state index is 12.8. The van der Waals surface area contributed by atoms with E-state index in [4.69, 9.17) is 0 Å².